The molecule has 0 spiro atoms. The SMILES string of the molecule is Cl.NCC(NC(=O)C1CC1c1cc(F)ccc1F)C1CC1. The van der Waals surface area contributed by atoms with Gasteiger partial charge in [0.05, 0.1) is 0 Å². The number of nitrogens with two attached hydrogens (primary N) is 1. The molecule has 0 heterocycles. The molecule has 0 aromatic heterocycles. The Morgan fingerprint density at radius 3 is 2.71 bits per heavy atom. The molecule has 0 saturated heterocycles. The topological polar surface area (TPSA) is 55.1 Å². The lowest BCUT2D eigenvalue weighted by molar-refractivity contribution is -0.123. The summed E-state index contributed by atoms with van der Waals surface area (Å²) in [6, 6.07) is 3.42. The van der Waals surface area contributed by atoms with Gasteiger partial charge in [-0.3, -0.25) is 4.79 Å². The second-order valence-corrected chi connectivity index (χ2v) is 5.80. The number of amides is 1. The van der Waals surface area contributed by atoms with Crippen LogP contribution in [0, 0.1) is 23.5 Å². The molecule has 0 bridgehead atoms. The van der Waals surface area contributed by atoms with Crippen molar-refractivity contribution in [1.82, 2.24) is 5.32 Å². The average Bonchev–Trinajstić information content (AvgIpc) is 3.29. The summed E-state index contributed by atoms with van der Waals surface area (Å²) in [6.45, 7) is 0.433. The van der Waals surface area contributed by atoms with Crippen molar-refractivity contribution in [2.75, 3.05) is 6.54 Å². The van der Waals surface area contributed by atoms with Gasteiger partial charge in [0.15, 0.2) is 0 Å². The monoisotopic (exact) mass is 316 g/mol. The van der Waals surface area contributed by atoms with Gasteiger partial charge in [0.2, 0.25) is 5.91 Å². The number of halogens is 3. The molecule has 2 saturated carbocycles. The van der Waals surface area contributed by atoms with Gasteiger partial charge in [-0.15, -0.1) is 12.4 Å². The van der Waals surface area contributed by atoms with E-state index in [1.165, 1.54) is 6.07 Å². The normalized spacial score (nSPS) is 24.9. The number of nitrogens with one attached hydrogen (secondary N) is 1. The number of rotatable bonds is 5. The van der Waals surface area contributed by atoms with Crippen LogP contribution in [-0.2, 0) is 4.79 Å². The Kier molecular flexibility index (Phi) is 4.84. The molecule has 1 aromatic rings. The highest BCUT2D eigenvalue weighted by molar-refractivity contribution is 5.85. The minimum Gasteiger partial charge on any atom is -0.352 e. The van der Waals surface area contributed by atoms with Crippen molar-refractivity contribution in [3.05, 3.63) is 35.4 Å². The van der Waals surface area contributed by atoms with E-state index in [9.17, 15) is 13.6 Å². The Hall–Kier alpha value is -1.20. The molecule has 3 nitrogen and oxygen atoms in total. The van der Waals surface area contributed by atoms with Crippen LogP contribution >= 0.6 is 12.4 Å². The first kappa shape index (κ1) is 16.2. The van der Waals surface area contributed by atoms with Gasteiger partial charge in [0.1, 0.15) is 11.6 Å². The van der Waals surface area contributed by atoms with Crippen LogP contribution in [0.4, 0.5) is 8.78 Å². The lowest BCUT2D eigenvalue weighted by Crippen LogP contribution is -2.42. The third-order valence-electron chi connectivity index (χ3n) is 4.26. The van der Waals surface area contributed by atoms with E-state index in [-0.39, 0.29) is 36.2 Å². The second kappa shape index (κ2) is 6.28. The maximum Gasteiger partial charge on any atom is 0.224 e. The summed E-state index contributed by atoms with van der Waals surface area (Å²) in [7, 11) is 0. The smallest absolute Gasteiger partial charge is 0.224 e. The quantitative estimate of drug-likeness (QED) is 0.876. The molecule has 6 heteroatoms. The van der Waals surface area contributed by atoms with Gasteiger partial charge in [0.25, 0.3) is 0 Å². The Bertz CT molecular complexity index is 536. The molecule has 21 heavy (non-hydrogen) atoms. The third kappa shape index (κ3) is 3.52. The fraction of sp³-hybridized carbons (Fsp3) is 0.533. The van der Waals surface area contributed by atoms with E-state index in [4.69, 9.17) is 5.73 Å². The zero-order valence-corrected chi connectivity index (χ0v) is 12.3. The number of hydrogen-bond donors (Lipinski definition) is 2. The highest BCUT2D eigenvalue weighted by atomic mass is 35.5. The molecule has 0 radical (unpaired) electrons. The molecule has 1 aromatic carbocycles. The molecule has 3 rings (SSSR count). The van der Waals surface area contributed by atoms with Crippen LogP contribution in [-0.4, -0.2) is 18.5 Å². The highest BCUT2D eigenvalue weighted by Crippen LogP contribution is 2.48. The Morgan fingerprint density at radius 2 is 2.10 bits per heavy atom. The molecule has 3 unspecified atom stereocenters. The van der Waals surface area contributed by atoms with E-state index >= 15 is 0 Å². The summed E-state index contributed by atoms with van der Waals surface area (Å²) in [5, 5.41) is 2.94. The standard InChI is InChI=1S/C15H18F2N2O.ClH/c16-9-3-4-13(17)11(5-9)10-6-12(10)15(20)19-14(7-18)8-1-2-8;/h3-5,8,10,12,14H,1-2,6-7,18H2,(H,19,20);1H. The second-order valence-electron chi connectivity index (χ2n) is 5.80. The van der Waals surface area contributed by atoms with Gasteiger partial charge >= 0.3 is 0 Å². The van der Waals surface area contributed by atoms with E-state index in [1.54, 1.807) is 0 Å². The summed E-state index contributed by atoms with van der Waals surface area (Å²) in [5.41, 5.74) is 5.95. The predicted molar refractivity (Wildman–Crippen MR) is 78.2 cm³/mol. The van der Waals surface area contributed by atoms with Crippen LogP contribution in [0.25, 0.3) is 0 Å². The highest BCUT2D eigenvalue weighted by Gasteiger charge is 2.46. The Morgan fingerprint density at radius 1 is 1.38 bits per heavy atom. The zero-order valence-electron chi connectivity index (χ0n) is 11.5. The van der Waals surface area contributed by atoms with Gasteiger partial charge in [-0.05, 0) is 54.9 Å². The fourth-order valence-corrected chi connectivity index (χ4v) is 2.78. The van der Waals surface area contributed by atoms with E-state index < -0.39 is 11.6 Å². The molecule has 2 aliphatic carbocycles. The van der Waals surface area contributed by atoms with Crippen LogP contribution in [0.3, 0.4) is 0 Å². The minimum absolute atomic E-state index is 0. The maximum atomic E-state index is 13.6. The summed E-state index contributed by atoms with van der Waals surface area (Å²) in [6.07, 6.45) is 2.79. The molecule has 116 valence electrons. The first-order valence-electron chi connectivity index (χ1n) is 7.05. The number of carbonyl (C=O) groups is 1. The van der Waals surface area contributed by atoms with E-state index in [2.05, 4.69) is 5.32 Å². The van der Waals surface area contributed by atoms with Crippen LogP contribution in [0.1, 0.15) is 30.7 Å². The van der Waals surface area contributed by atoms with Gasteiger partial charge in [-0.1, -0.05) is 0 Å². The van der Waals surface area contributed by atoms with Crippen molar-refractivity contribution >= 4 is 18.3 Å². The van der Waals surface area contributed by atoms with Gasteiger partial charge in [-0.25, -0.2) is 8.78 Å². The largest absolute Gasteiger partial charge is 0.352 e. The first-order valence-corrected chi connectivity index (χ1v) is 7.05. The molecular weight excluding hydrogens is 298 g/mol. The molecule has 1 amide bonds. The van der Waals surface area contributed by atoms with Crippen molar-refractivity contribution in [2.45, 2.75) is 31.2 Å². The summed E-state index contributed by atoms with van der Waals surface area (Å²) in [4.78, 5) is 12.1. The molecular formula is C15H19ClF2N2O. The van der Waals surface area contributed by atoms with Crippen LogP contribution in [0.2, 0.25) is 0 Å². The van der Waals surface area contributed by atoms with Gasteiger partial charge in [0, 0.05) is 18.5 Å². The lowest BCUT2D eigenvalue weighted by Gasteiger charge is -2.16. The summed E-state index contributed by atoms with van der Waals surface area (Å²) < 4.78 is 26.8. The Labute approximate surface area is 128 Å². The molecule has 2 fully saturated rings. The van der Waals surface area contributed by atoms with Crippen LogP contribution < -0.4 is 11.1 Å². The molecule has 3 N–H and O–H groups in total. The van der Waals surface area contributed by atoms with E-state index in [0.717, 1.165) is 25.0 Å². The number of hydrogen-bond acceptors (Lipinski definition) is 2. The predicted octanol–water partition coefficient (Wildman–Crippen LogP) is 2.34. The summed E-state index contributed by atoms with van der Waals surface area (Å²) >= 11 is 0. The van der Waals surface area contributed by atoms with Crippen molar-refractivity contribution in [1.29, 1.82) is 0 Å². The molecule has 3 atom stereocenters. The van der Waals surface area contributed by atoms with Crippen LogP contribution in [0.15, 0.2) is 18.2 Å². The zero-order chi connectivity index (χ0) is 14.3. The van der Waals surface area contributed by atoms with Gasteiger partial charge in [-0.2, -0.15) is 0 Å². The number of benzene rings is 1. The van der Waals surface area contributed by atoms with E-state index in [1.807, 2.05) is 0 Å². The van der Waals surface area contributed by atoms with E-state index in [0.29, 0.717) is 24.4 Å². The van der Waals surface area contributed by atoms with Crippen molar-refractivity contribution in [3.8, 4) is 0 Å². The average molecular weight is 317 g/mol. The Balaban J connectivity index is 0.00000161. The van der Waals surface area contributed by atoms with Crippen molar-refractivity contribution < 1.29 is 13.6 Å². The lowest BCUT2D eigenvalue weighted by atomic mass is 10.1. The first-order chi connectivity index (χ1) is 9.60. The number of carbonyl (C=O) groups excluding carboxylic acids is 1. The molecule has 2 aliphatic rings. The molecule has 0 aliphatic heterocycles. The fourth-order valence-electron chi connectivity index (χ4n) is 2.78. The summed E-state index contributed by atoms with van der Waals surface area (Å²) in [5.74, 6) is -0.954. The maximum absolute atomic E-state index is 13.6. The van der Waals surface area contributed by atoms with Crippen LogP contribution in [0.5, 0.6) is 0 Å². The van der Waals surface area contributed by atoms with Crippen molar-refractivity contribution in [3.63, 3.8) is 0 Å². The van der Waals surface area contributed by atoms with Gasteiger partial charge < -0.3 is 11.1 Å². The minimum atomic E-state index is -0.467. The van der Waals surface area contributed by atoms with Crippen molar-refractivity contribution in [2.24, 2.45) is 17.6 Å². The third-order valence-corrected chi connectivity index (χ3v) is 4.26.